The van der Waals surface area contributed by atoms with Crippen LogP contribution in [0.2, 0.25) is 0 Å². The number of amides is 1. The molecule has 1 amide bonds. The Labute approximate surface area is 268 Å². The molecule has 3 N–H and O–H groups in total. The van der Waals surface area contributed by atoms with Crippen molar-refractivity contribution >= 4 is 64.7 Å². The van der Waals surface area contributed by atoms with Gasteiger partial charge in [0.05, 0.1) is 47.0 Å². The van der Waals surface area contributed by atoms with Gasteiger partial charge in [0.15, 0.2) is 0 Å². The van der Waals surface area contributed by atoms with Gasteiger partial charge in [0.25, 0.3) is 0 Å². The molecule has 0 saturated carbocycles. The number of methoxy groups -OCH3 is 1. The first-order chi connectivity index (χ1) is 22.2. The molecule has 0 spiro atoms. The van der Waals surface area contributed by atoms with Crippen LogP contribution in [0.1, 0.15) is 0 Å². The fourth-order valence-electron chi connectivity index (χ4n) is 4.78. The van der Waals surface area contributed by atoms with Crippen molar-refractivity contribution in [2.45, 2.75) is 0 Å². The van der Waals surface area contributed by atoms with Crippen molar-refractivity contribution in [1.82, 2.24) is 29.8 Å². The summed E-state index contributed by atoms with van der Waals surface area (Å²) in [5.74, 6) is 1.32. The van der Waals surface area contributed by atoms with Gasteiger partial charge in [0.2, 0.25) is 17.7 Å². The van der Waals surface area contributed by atoms with Crippen molar-refractivity contribution < 1.29 is 13.9 Å². The van der Waals surface area contributed by atoms with E-state index in [1.54, 1.807) is 38.0 Å². The molecule has 0 aliphatic heterocycles. The second kappa shape index (κ2) is 14.3. The molecular weight excluding hydrogens is 603 g/mol. The number of oxazole rings is 1. The van der Waals surface area contributed by atoms with Gasteiger partial charge < -0.3 is 34.9 Å². The number of rotatable bonds is 13. The third kappa shape index (κ3) is 7.22. The van der Waals surface area contributed by atoms with Crippen molar-refractivity contribution in [2.24, 2.45) is 0 Å². The highest BCUT2D eigenvalue weighted by Crippen LogP contribution is 2.39. The number of carbonyl (C=O) groups excluding carboxylic acids is 1. The fourth-order valence-corrected chi connectivity index (χ4v) is 5.99. The number of benzene rings is 2. The molecule has 0 fully saturated rings. The zero-order valence-electron chi connectivity index (χ0n) is 26.7. The van der Waals surface area contributed by atoms with Crippen LogP contribution in [-0.2, 0) is 4.79 Å². The molecule has 2 aromatic carbocycles. The zero-order chi connectivity index (χ0) is 32.8. The first-order valence-electron chi connectivity index (χ1n) is 14.4. The Morgan fingerprint density at radius 2 is 1.80 bits per heavy atom. The number of fused-ring (bicyclic) bond motifs is 1. The molecule has 5 rings (SSSR count). The summed E-state index contributed by atoms with van der Waals surface area (Å²) in [6, 6.07) is 7.57. The molecular formula is C32H37N10O3P. The molecule has 0 atom stereocenters. The number of hydrogen-bond donors (Lipinski definition) is 3. The van der Waals surface area contributed by atoms with Gasteiger partial charge in [-0.1, -0.05) is 14.5 Å². The summed E-state index contributed by atoms with van der Waals surface area (Å²) in [6.07, 6.45) is 9.33. The molecule has 0 bridgehead atoms. The van der Waals surface area contributed by atoms with E-state index in [9.17, 15) is 4.79 Å². The maximum absolute atomic E-state index is 12.4. The molecule has 14 heteroatoms. The summed E-state index contributed by atoms with van der Waals surface area (Å²) in [5.41, 5.74) is 4.98. The Balaban J connectivity index is 1.56. The minimum absolute atomic E-state index is 0.281. The summed E-state index contributed by atoms with van der Waals surface area (Å²) in [5, 5.41) is 10.8. The molecule has 0 radical (unpaired) electrons. The highest BCUT2D eigenvalue weighted by Gasteiger charge is 2.20. The molecule has 3 heterocycles. The number of likely N-dealkylation sites (N-methyl/N-ethyl adjacent to an activating group) is 2. The maximum Gasteiger partial charge on any atom is 0.247 e. The summed E-state index contributed by atoms with van der Waals surface area (Å²) in [4.78, 5) is 39.4. The third-order valence-corrected chi connectivity index (χ3v) is 8.41. The van der Waals surface area contributed by atoms with E-state index in [1.807, 2.05) is 39.3 Å². The second-order valence-corrected chi connectivity index (χ2v) is 13.0. The maximum atomic E-state index is 12.4. The number of ether oxygens (including phenoxy) is 1. The average molecular weight is 641 g/mol. The molecule has 0 aliphatic rings. The lowest BCUT2D eigenvalue weighted by molar-refractivity contribution is -0.111. The van der Waals surface area contributed by atoms with Crippen LogP contribution in [0.5, 0.6) is 5.75 Å². The van der Waals surface area contributed by atoms with Crippen molar-refractivity contribution in [3.63, 3.8) is 0 Å². The van der Waals surface area contributed by atoms with Crippen LogP contribution < -0.4 is 30.9 Å². The molecule has 3 aromatic heterocycles. The second-order valence-electron chi connectivity index (χ2n) is 10.8. The Morgan fingerprint density at radius 3 is 2.50 bits per heavy atom. The number of nitrogens with zero attached hydrogens (tertiary/aromatic N) is 7. The van der Waals surface area contributed by atoms with Gasteiger partial charge in [0.1, 0.15) is 17.8 Å². The number of anilines is 6. The predicted octanol–water partition coefficient (Wildman–Crippen LogP) is 5.06. The van der Waals surface area contributed by atoms with Crippen LogP contribution in [0.3, 0.4) is 0 Å². The quantitative estimate of drug-likeness (QED) is 0.117. The van der Waals surface area contributed by atoms with Crippen molar-refractivity contribution in [3.8, 4) is 17.2 Å². The van der Waals surface area contributed by atoms with Gasteiger partial charge >= 0.3 is 0 Å². The molecule has 13 nitrogen and oxygen atoms in total. The number of hydrogen-bond acceptors (Lipinski definition) is 12. The van der Waals surface area contributed by atoms with E-state index in [4.69, 9.17) is 14.1 Å². The van der Waals surface area contributed by atoms with Crippen molar-refractivity contribution in [3.05, 3.63) is 68.0 Å². The molecule has 0 unspecified atom stereocenters. The fraction of sp³-hybridized carbons (Fsp3) is 0.250. The minimum Gasteiger partial charge on any atom is -0.494 e. The van der Waals surface area contributed by atoms with Crippen molar-refractivity contribution in [1.29, 1.82) is 0 Å². The van der Waals surface area contributed by atoms with Gasteiger partial charge in [-0.15, -0.1) is 0 Å². The van der Waals surface area contributed by atoms with E-state index < -0.39 is 7.92 Å². The topological polar surface area (TPSA) is 146 Å². The minimum atomic E-state index is -0.577. The summed E-state index contributed by atoms with van der Waals surface area (Å²) in [6.45, 7) is 9.48. The summed E-state index contributed by atoms with van der Waals surface area (Å²) >= 11 is 0. The normalized spacial score (nSPS) is 11.1. The average Bonchev–Trinajstić information content (AvgIpc) is 3.58. The summed E-state index contributed by atoms with van der Waals surface area (Å²) < 4.78 is 11.4. The molecule has 238 valence electrons. The lowest BCUT2D eigenvalue weighted by Crippen LogP contribution is -2.29. The first kappa shape index (κ1) is 32.3. The largest absolute Gasteiger partial charge is 0.494 e. The van der Waals surface area contributed by atoms with Crippen LogP contribution in [0, 0.1) is 0 Å². The third-order valence-electron chi connectivity index (χ3n) is 7.07. The Bertz CT molecular complexity index is 1850. The number of aromatic nitrogens is 5. The monoisotopic (exact) mass is 640 g/mol. The first-order valence-corrected chi connectivity index (χ1v) is 16.7. The Kier molecular flexibility index (Phi) is 10.0. The van der Waals surface area contributed by atoms with Gasteiger partial charge in [-0.05, 0) is 51.7 Å². The van der Waals surface area contributed by atoms with Gasteiger partial charge in [-0.25, -0.2) is 9.97 Å². The highest BCUT2D eigenvalue weighted by molar-refractivity contribution is 7.65. The molecule has 5 aromatic rings. The smallest absolute Gasteiger partial charge is 0.247 e. The van der Waals surface area contributed by atoms with Crippen LogP contribution in [0.25, 0.3) is 22.5 Å². The number of carbonyl (C=O) groups is 1. The van der Waals surface area contributed by atoms with Crippen LogP contribution in [0.15, 0.2) is 72.4 Å². The van der Waals surface area contributed by atoms with Gasteiger partial charge in [0, 0.05) is 55.8 Å². The molecule has 0 saturated heterocycles. The zero-order valence-corrected chi connectivity index (χ0v) is 27.6. The SMILES string of the molecule is C=CC(=O)Nc1cc(Nc2ncc(-c3ncco3)c(Nc3ccc4nccnc4c3P(C)C)n2)c(OC)cc1N(C)CCN(C)C. The summed E-state index contributed by atoms with van der Waals surface area (Å²) in [7, 11) is 6.99. The van der Waals surface area contributed by atoms with E-state index in [0.29, 0.717) is 34.4 Å². The van der Waals surface area contributed by atoms with Crippen LogP contribution in [-0.4, -0.2) is 90.4 Å². The Morgan fingerprint density at radius 1 is 1.00 bits per heavy atom. The molecule has 46 heavy (non-hydrogen) atoms. The van der Waals surface area contributed by atoms with E-state index >= 15 is 0 Å². The predicted molar refractivity (Wildman–Crippen MR) is 186 cm³/mol. The van der Waals surface area contributed by atoms with Gasteiger partial charge in [-0.2, -0.15) is 4.98 Å². The van der Waals surface area contributed by atoms with E-state index in [1.165, 1.54) is 12.3 Å². The lowest BCUT2D eigenvalue weighted by Gasteiger charge is -2.26. The van der Waals surface area contributed by atoms with E-state index in [-0.39, 0.29) is 11.9 Å². The Hall–Kier alpha value is -5.13. The molecule has 0 aliphatic carbocycles. The number of nitrogens with one attached hydrogen (secondary N) is 3. The van der Waals surface area contributed by atoms with Crippen LogP contribution in [0.4, 0.5) is 34.5 Å². The lowest BCUT2D eigenvalue weighted by atomic mass is 10.2. The highest BCUT2D eigenvalue weighted by atomic mass is 31.1. The van der Waals surface area contributed by atoms with Gasteiger partial charge in [-0.3, -0.25) is 14.8 Å². The van der Waals surface area contributed by atoms with Crippen molar-refractivity contribution in [2.75, 3.05) is 75.5 Å². The standard InChI is InChI=1S/C32H37N10O3P/c1-8-27(43)37-23-17-24(26(44-5)18-25(23)42(4)15-14-41(2)3)39-32-36-19-20(31-35-13-16-45-31)30(40-32)38-22-10-9-21-28(29(22)46(6)7)34-12-11-33-21/h8-13,16-19H,1,14-15H2,2-7H3,(H,37,43)(H2,36,38,39,40). The van der Waals surface area contributed by atoms with E-state index in [2.05, 4.69) is 65.6 Å². The van der Waals surface area contributed by atoms with E-state index in [0.717, 1.165) is 40.8 Å². The van der Waals surface area contributed by atoms with Crippen LogP contribution >= 0.6 is 7.92 Å².